The Morgan fingerprint density at radius 2 is 2.04 bits per heavy atom. The highest BCUT2D eigenvalue weighted by atomic mass is 35.5. The molecule has 0 radical (unpaired) electrons. The lowest BCUT2D eigenvalue weighted by Crippen LogP contribution is -2.34. The molecule has 1 aliphatic rings. The molecule has 0 amide bonds. The van der Waals surface area contributed by atoms with Gasteiger partial charge in [0.15, 0.2) is 5.65 Å². The topological polar surface area (TPSA) is 59.2 Å². The monoisotopic (exact) mass is 342 g/mol. The fourth-order valence-electron chi connectivity index (χ4n) is 3.05. The minimum atomic E-state index is 0.552. The predicted molar refractivity (Wildman–Crippen MR) is 93.2 cm³/mol. The molecule has 0 aliphatic heterocycles. The van der Waals surface area contributed by atoms with Crippen LogP contribution in [-0.2, 0) is 6.54 Å². The van der Waals surface area contributed by atoms with E-state index in [4.69, 9.17) is 11.6 Å². The summed E-state index contributed by atoms with van der Waals surface area (Å²) in [6.07, 6.45) is 7.17. The van der Waals surface area contributed by atoms with Gasteiger partial charge in [0.25, 0.3) is 0 Å². The van der Waals surface area contributed by atoms with E-state index >= 15 is 0 Å². The Kier molecular flexibility index (Phi) is 4.06. The highest BCUT2D eigenvalue weighted by molar-refractivity contribution is 6.30. The Balaban J connectivity index is 1.65. The van der Waals surface area contributed by atoms with Crippen LogP contribution in [0.1, 0.15) is 30.8 Å². The van der Waals surface area contributed by atoms with Crippen molar-refractivity contribution in [2.45, 2.75) is 32.7 Å². The van der Waals surface area contributed by atoms with Gasteiger partial charge in [-0.05, 0) is 37.8 Å². The summed E-state index contributed by atoms with van der Waals surface area (Å²) in [6.45, 7) is 3.55. The Labute approximate surface area is 145 Å². The molecule has 0 aromatic carbocycles. The number of nitrogens with zero attached hydrogens (tertiary/aromatic N) is 6. The van der Waals surface area contributed by atoms with Gasteiger partial charge in [-0.2, -0.15) is 5.10 Å². The van der Waals surface area contributed by atoms with Crippen LogP contribution in [0.25, 0.3) is 5.65 Å². The van der Waals surface area contributed by atoms with Crippen LogP contribution >= 0.6 is 11.6 Å². The van der Waals surface area contributed by atoms with Gasteiger partial charge in [-0.25, -0.2) is 19.5 Å². The van der Waals surface area contributed by atoms with Crippen molar-refractivity contribution < 1.29 is 0 Å². The lowest BCUT2D eigenvalue weighted by Gasteiger charge is -2.32. The molecule has 3 aromatic heterocycles. The standard InChI is InChI=1S/C17H19ClN6/c1-12-21-16-7-3-6-15(24(16)22-12)11-23(10-13-4-2-5-13)17-19-8-14(18)9-20-17/h3,6-9,13H,2,4-5,10-11H2,1H3. The van der Waals surface area contributed by atoms with Crippen LogP contribution in [0.2, 0.25) is 5.02 Å². The molecule has 1 saturated carbocycles. The summed E-state index contributed by atoms with van der Waals surface area (Å²) in [5.74, 6) is 2.19. The third-order valence-electron chi connectivity index (χ3n) is 4.49. The highest BCUT2D eigenvalue weighted by Crippen LogP contribution is 2.29. The summed E-state index contributed by atoms with van der Waals surface area (Å²) in [5.41, 5.74) is 1.94. The van der Waals surface area contributed by atoms with Gasteiger partial charge < -0.3 is 4.90 Å². The van der Waals surface area contributed by atoms with E-state index in [1.54, 1.807) is 12.4 Å². The first-order valence-corrected chi connectivity index (χ1v) is 8.60. The maximum absolute atomic E-state index is 5.94. The first-order chi connectivity index (χ1) is 11.7. The largest absolute Gasteiger partial charge is 0.335 e. The second-order valence-corrected chi connectivity index (χ2v) is 6.76. The van der Waals surface area contributed by atoms with Crippen LogP contribution in [0.5, 0.6) is 0 Å². The molecule has 0 N–H and O–H groups in total. The maximum atomic E-state index is 5.94. The highest BCUT2D eigenvalue weighted by Gasteiger charge is 2.23. The normalized spacial score (nSPS) is 14.8. The molecule has 3 heterocycles. The molecular weight excluding hydrogens is 324 g/mol. The van der Waals surface area contributed by atoms with E-state index in [1.165, 1.54) is 19.3 Å². The predicted octanol–water partition coefficient (Wildman–Crippen LogP) is 3.29. The fourth-order valence-corrected chi connectivity index (χ4v) is 3.15. The Morgan fingerprint density at radius 3 is 2.75 bits per heavy atom. The molecule has 3 aromatic rings. The minimum absolute atomic E-state index is 0.552. The second-order valence-electron chi connectivity index (χ2n) is 6.32. The number of fused-ring (bicyclic) bond motifs is 1. The van der Waals surface area contributed by atoms with Gasteiger partial charge in [-0.15, -0.1) is 0 Å². The van der Waals surface area contributed by atoms with Crippen LogP contribution in [0, 0.1) is 12.8 Å². The van der Waals surface area contributed by atoms with E-state index < -0.39 is 0 Å². The molecule has 0 atom stereocenters. The summed E-state index contributed by atoms with van der Waals surface area (Å²) in [5, 5.41) is 5.06. The molecule has 0 spiro atoms. The Hall–Kier alpha value is -2.21. The Morgan fingerprint density at radius 1 is 1.25 bits per heavy atom. The average molecular weight is 343 g/mol. The quantitative estimate of drug-likeness (QED) is 0.712. The third-order valence-corrected chi connectivity index (χ3v) is 4.68. The first-order valence-electron chi connectivity index (χ1n) is 8.23. The number of pyridine rings is 1. The SMILES string of the molecule is Cc1nc2cccc(CN(CC3CCC3)c3ncc(Cl)cn3)n2n1. The number of halogens is 1. The van der Waals surface area contributed by atoms with Gasteiger partial charge in [-0.1, -0.05) is 24.1 Å². The summed E-state index contributed by atoms with van der Waals surface area (Å²) >= 11 is 5.94. The van der Waals surface area contributed by atoms with Crippen LogP contribution in [0.3, 0.4) is 0 Å². The van der Waals surface area contributed by atoms with Gasteiger partial charge in [0.1, 0.15) is 5.82 Å². The van der Waals surface area contributed by atoms with Gasteiger partial charge in [0, 0.05) is 6.54 Å². The molecule has 0 bridgehead atoms. The zero-order valence-electron chi connectivity index (χ0n) is 13.6. The number of aromatic nitrogens is 5. The molecule has 0 unspecified atom stereocenters. The van der Waals surface area contributed by atoms with Crippen molar-refractivity contribution in [1.29, 1.82) is 0 Å². The van der Waals surface area contributed by atoms with Crippen molar-refractivity contribution in [3.63, 3.8) is 0 Å². The minimum Gasteiger partial charge on any atom is -0.335 e. The molecule has 1 fully saturated rings. The van der Waals surface area contributed by atoms with Crippen molar-refractivity contribution >= 4 is 23.2 Å². The van der Waals surface area contributed by atoms with Crippen molar-refractivity contribution in [3.8, 4) is 0 Å². The van der Waals surface area contributed by atoms with E-state index in [0.717, 1.165) is 23.7 Å². The lowest BCUT2D eigenvalue weighted by molar-refractivity contribution is 0.315. The molecule has 7 heteroatoms. The van der Waals surface area contributed by atoms with Crippen LogP contribution in [-0.4, -0.2) is 31.1 Å². The van der Waals surface area contributed by atoms with Crippen LogP contribution < -0.4 is 4.90 Å². The molecule has 124 valence electrons. The van der Waals surface area contributed by atoms with Crippen molar-refractivity contribution in [2.24, 2.45) is 5.92 Å². The number of hydrogen-bond donors (Lipinski definition) is 0. The third kappa shape index (κ3) is 3.06. The molecule has 1 aliphatic carbocycles. The maximum Gasteiger partial charge on any atom is 0.225 e. The summed E-state index contributed by atoms with van der Waals surface area (Å²) in [4.78, 5) is 15.5. The van der Waals surface area contributed by atoms with E-state index in [2.05, 4.69) is 31.0 Å². The smallest absolute Gasteiger partial charge is 0.225 e. The van der Waals surface area contributed by atoms with E-state index in [1.807, 2.05) is 23.6 Å². The zero-order valence-corrected chi connectivity index (χ0v) is 14.3. The average Bonchev–Trinajstić information content (AvgIpc) is 2.91. The fraction of sp³-hybridized carbons (Fsp3) is 0.412. The number of rotatable bonds is 5. The number of anilines is 1. The molecular formula is C17H19ClN6. The van der Waals surface area contributed by atoms with Crippen molar-refractivity contribution in [2.75, 3.05) is 11.4 Å². The zero-order chi connectivity index (χ0) is 16.5. The number of aryl methyl sites for hydroxylation is 1. The summed E-state index contributed by atoms with van der Waals surface area (Å²) < 4.78 is 1.90. The molecule has 6 nitrogen and oxygen atoms in total. The van der Waals surface area contributed by atoms with Gasteiger partial charge in [0.05, 0.1) is 29.7 Å². The molecule has 4 rings (SSSR count). The van der Waals surface area contributed by atoms with Crippen molar-refractivity contribution in [1.82, 2.24) is 24.6 Å². The van der Waals surface area contributed by atoms with E-state index in [0.29, 0.717) is 23.4 Å². The van der Waals surface area contributed by atoms with E-state index in [9.17, 15) is 0 Å². The second kappa shape index (κ2) is 6.36. The molecule has 0 saturated heterocycles. The van der Waals surface area contributed by atoms with Gasteiger partial charge in [-0.3, -0.25) is 0 Å². The molecule has 24 heavy (non-hydrogen) atoms. The van der Waals surface area contributed by atoms with Gasteiger partial charge in [0.2, 0.25) is 5.95 Å². The van der Waals surface area contributed by atoms with Crippen molar-refractivity contribution in [3.05, 3.63) is 47.1 Å². The summed E-state index contributed by atoms with van der Waals surface area (Å²) in [7, 11) is 0. The first kappa shape index (κ1) is 15.3. The Bertz CT molecular complexity index is 840. The van der Waals surface area contributed by atoms with Gasteiger partial charge >= 0.3 is 0 Å². The summed E-state index contributed by atoms with van der Waals surface area (Å²) in [6, 6.07) is 6.06. The van der Waals surface area contributed by atoms with Crippen LogP contribution in [0.15, 0.2) is 30.6 Å². The lowest BCUT2D eigenvalue weighted by atomic mass is 9.85. The number of hydrogen-bond acceptors (Lipinski definition) is 5. The van der Waals surface area contributed by atoms with E-state index in [-0.39, 0.29) is 0 Å². The van der Waals surface area contributed by atoms with Crippen LogP contribution in [0.4, 0.5) is 5.95 Å².